The summed E-state index contributed by atoms with van der Waals surface area (Å²) in [4.78, 5) is 22.4. The highest BCUT2D eigenvalue weighted by Gasteiger charge is 2.20. The van der Waals surface area contributed by atoms with Gasteiger partial charge in [-0.05, 0) is 31.4 Å². The molecule has 7 nitrogen and oxygen atoms in total. The van der Waals surface area contributed by atoms with Gasteiger partial charge in [0.25, 0.3) is 0 Å². The van der Waals surface area contributed by atoms with E-state index in [1.807, 2.05) is 10.3 Å². The maximum Gasteiger partial charge on any atom is 0.223 e. The van der Waals surface area contributed by atoms with Crippen molar-refractivity contribution in [2.45, 2.75) is 26.2 Å². The number of rotatable bonds is 7. The first-order valence-corrected chi connectivity index (χ1v) is 11.2. The predicted molar refractivity (Wildman–Crippen MR) is 123 cm³/mol. The zero-order valence-electron chi connectivity index (χ0n) is 17.4. The Bertz CT molecular complexity index is 1070. The van der Waals surface area contributed by atoms with Crippen LogP contribution in [0.25, 0.3) is 11.3 Å². The number of carbonyl (C=O) groups excluding carboxylic acids is 1. The maximum atomic E-state index is 11.7. The monoisotopic (exact) mass is 432 g/mol. The smallest absolute Gasteiger partial charge is 0.223 e. The van der Waals surface area contributed by atoms with Gasteiger partial charge in [-0.3, -0.25) is 4.79 Å². The van der Waals surface area contributed by atoms with Gasteiger partial charge in [-0.15, -0.1) is 0 Å². The lowest BCUT2D eigenvalue weighted by atomic mass is 10.1. The molecule has 31 heavy (non-hydrogen) atoms. The minimum Gasteiger partial charge on any atom is -0.354 e. The molecular weight excluding hydrogens is 408 g/mol. The molecule has 0 unspecified atom stereocenters. The van der Waals surface area contributed by atoms with Gasteiger partial charge in [0.15, 0.2) is 0 Å². The highest BCUT2D eigenvalue weighted by molar-refractivity contribution is 8.06. The number of hydrogen-bond donors (Lipinski definition) is 2. The van der Waals surface area contributed by atoms with Crippen LogP contribution >= 0.6 is 11.8 Å². The molecule has 1 amide bonds. The molecule has 158 valence electrons. The molecule has 0 radical (unpaired) electrons. The van der Waals surface area contributed by atoms with E-state index in [1.54, 1.807) is 12.3 Å². The molecule has 2 aliphatic rings. The van der Waals surface area contributed by atoms with E-state index in [2.05, 4.69) is 57.9 Å². The summed E-state index contributed by atoms with van der Waals surface area (Å²) in [5, 5.41) is 19.1. The lowest BCUT2D eigenvalue weighted by Gasteiger charge is -2.15. The van der Waals surface area contributed by atoms with Crippen LogP contribution in [0.2, 0.25) is 0 Å². The van der Waals surface area contributed by atoms with Crippen molar-refractivity contribution in [1.29, 1.82) is 5.26 Å². The van der Waals surface area contributed by atoms with E-state index in [1.165, 1.54) is 17.3 Å². The summed E-state index contributed by atoms with van der Waals surface area (Å²) in [7, 11) is 0. The normalized spacial score (nSPS) is 17.2. The van der Waals surface area contributed by atoms with Crippen LogP contribution in [-0.4, -0.2) is 40.4 Å². The van der Waals surface area contributed by atoms with Crippen LogP contribution < -0.4 is 10.6 Å². The minimum absolute atomic E-state index is 0.240. The number of nitriles is 1. The number of benzene rings is 1. The fourth-order valence-corrected chi connectivity index (χ4v) is 4.38. The summed E-state index contributed by atoms with van der Waals surface area (Å²) in [6.07, 6.45) is 4.10. The summed E-state index contributed by atoms with van der Waals surface area (Å²) in [5.41, 5.74) is 4.31. The van der Waals surface area contributed by atoms with Crippen molar-refractivity contribution in [3.63, 3.8) is 0 Å². The molecule has 0 saturated carbocycles. The number of carbonyl (C=O) groups is 1. The van der Waals surface area contributed by atoms with Crippen LogP contribution in [0.3, 0.4) is 0 Å². The molecule has 1 aromatic carbocycles. The Hall–Kier alpha value is -3.31. The van der Waals surface area contributed by atoms with Crippen molar-refractivity contribution in [2.24, 2.45) is 0 Å². The molecule has 1 fully saturated rings. The molecule has 2 N–H and O–H groups in total. The fourth-order valence-electron chi connectivity index (χ4n) is 3.51. The van der Waals surface area contributed by atoms with E-state index in [9.17, 15) is 10.1 Å². The minimum atomic E-state index is 0.240. The van der Waals surface area contributed by atoms with Crippen molar-refractivity contribution in [3.8, 4) is 6.07 Å². The van der Waals surface area contributed by atoms with Crippen LogP contribution in [0, 0.1) is 18.3 Å². The van der Waals surface area contributed by atoms with Crippen LogP contribution in [0.1, 0.15) is 36.1 Å². The predicted octanol–water partition coefficient (Wildman–Crippen LogP) is 3.74. The van der Waals surface area contributed by atoms with Crippen molar-refractivity contribution in [3.05, 3.63) is 63.8 Å². The Labute approximate surface area is 186 Å². The summed E-state index contributed by atoms with van der Waals surface area (Å²) >= 11 is 1.48. The number of aromatic nitrogens is 2. The van der Waals surface area contributed by atoms with E-state index in [0.717, 1.165) is 42.2 Å². The van der Waals surface area contributed by atoms with Crippen LogP contribution in [0.5, 0.6) is 0 Å². The second kappa shape index (κ2) is 9.67. The van der Waals surface area contributed by atoms with Gasteiger partial charge in [0, 0.05) is 37.7 Å². The van der Waals surface area contributed by atoms with Gasteiger partial charge in [0.05, 0.1) is 16.4 Å². The summed E-state index contributed by atoms with van der Waals surface area (Å²) < 4.78 is 0. The molecule has 8 heteroatoms. The molecule has 0 bridgehead atoms. The van der Waals surface area contributed by atoms with Gasteiger partial charge in [0.1, 0.15) is 11.6 Å². The molecule has 1 aromatic heterocycles. The zero-order valence-corrected chi connectivity index (χ0v) is 18.2. The third-order valence-corrected chi connectivity index (χ3v) is 6.11. The summed E-state index contributed by atoms with van der Waals surface area (Å²) in [6.45, 7) is 4.32. The molecule has 0 spiro atoms. The zero-order chi connectivity index (χ0) is 21.6. The molecule has 2 aliphatic heterocycles. The van der Waals surface area contributed by atoms with Gasteiger partial charge in [-0.25, -0.2) is 9.97 Å². The average Bonchev–Trinajstić information content (AvgIpc) is 3.42. The van der Waals surface area contributed by atoms with E-state index < -0.39 is 0 Å². The van der Waals surface area contributed by atoms with Gasteiger partial charge >= 0.3 is 0 Å². The molecule has 0 atom stereocenters. The largest absolute Gasteiger partial charge is 0.354 e. The number of hydrogen-bond acceptors (Lipinski definition) is 7. The highest BCUT2D eigenvalue weighted by Crippen LogP contribution is 2.34. The number of thioether (sulfide) groups is 1. The Kier molecular flexibility index (Phi) is 6.53. The highest BCUT2D eigenvalue weighted by atomic mass is 32.2. The van der Waals surface area contributed by atoms with Gasteiger partial charge in [0.2, 0.25) is 11.9 Å². The van der Waals surface area contributed by atoms with Crippen LogP contribution in [0.15, 0.2) is 47.0 Å². The number of aryl methyl sites for hydroxylation is 1. The number of anilines is 1. The molecular formula is C23H24N6OS. The Morgan fingerprint density at radius 1 is 1.32 bits per heavy atom. The van der Waals surface area contributed by atoms with Crippen LogP contribution in [-0.2, 0) is 4.79 Å². The van der Waals surface area contributed by atoms with E-state index in [0.29, 0.717) is 30.2 Å². The van der Waals surface area contributed by atoms with Crippen molar-refractivity contribution < 1.29 is 4.79 Å². The molecule has 2 aromatic rings. The Morgan fingerprint density at radius 2 is 2.16 bits per heavy atom. The first-order chi connectivity index (χ1) is 15.1. The van der Waals surface area contributed by atoms with Crippen LogP contribution in [0.4, 0.5) is 5.95 Å². The van der Waals surface area contributed by atoms with Gasteiger partial charge in [-0.2, -0.15) is 5.26 Å². The van der Waals surface area contributed by atoms with Crippen molar-refractivity contribution >= 4 is 34.9 Å². The third kappa shape index (κ3) is 5.06. The number of nitrogens with one attached hydrogen (secondary N) is 2. The lowest BCUT2D eigenvalue weighted by Crippen LogP contribution is -2.27. The molecule has 0 aliphatic carbocycles. The quantitative estimate of drug-likeness (QED) is 0.508. The van der Waals surface area contributed by atoms with E-state index in [4.69, 9.17) is 0 Å². The number of allylic oxidation sites excluding steroid dienone is 1. The second-order valence-corrected chi connectivity index (χ2v) is 8.37. The topological polar surface area (TPSA) is 93.9 Å². The van der Waals surface area contributed by atoms with Gasteiger partial charge in [-0.1, -0.05) is 41.6 Å². The first-order valence-electron chi connectivity index (χ1n) is 10.3. The number of amides is 1. The average molecular weight is 433 g/mol. The van der Waals surface area contributed by atoms with Gasteiger partial charge < -0.3 is 15.5 Å². The molecule has 4 rings (SSSR count). The standard InChI is InChI=1S/C23H24N6OS/c1-16-5-7-17(8-6-16)20-15-31-22(27-20)18(14-24)19-9-11-26-23(28-19)25-10-3-13-29-12-2-4-21(29)30/h5-9,11,15,27H,2-4,10,12-13H2,1H3,(H,25,26,28)/b22-18+. The summed E-state index contributed by atoms with van der Waals surface area (Å²) in [6, 6.07) is 12.3. The van der Waals surface area contributed by atoms with E-state index >= 15 is 0 Å². The Balaban J connectivity index is 1.39. The summed E-state index contributed by atoms with van der Waals surface area (Å²) in [5.74, 6) is 0.719. The number of likely N-dealkylation sites (tertiary alicyclic amines) is 1. The van der Waals surface area contributed by atoms with E-state index in [-0.39, 0.29) is 5.91 Å². The SMILES string of the molecule is Cc1ccc(C2=CS/C(=C(\C#N)c3ccnc(NCCCN4CCCC4=O)n3)N2)cc1. The third-order valence-electron chi connectivity index (χ3n) is 5.22. The second-order valence-electron chi connectivity index (χ2n) is 7.49. The first kappa shape index (κ1) is 20.9. The van der Waals surface area contributed by atoms with Crippen molar-refractivity contribution in [1.82, 2.24) is 20.2 Å². The number of nitrogens with zero attached hydrogens (tertiary/aromatic N) is 4. The molecule has 1 saturated heterocycles. The Morgan fingerprint density at radius 3 is 2.90 bits per heavy atom. The van der Waals surface area contributed by atoms with Crippen molar-refractivity contribution in [2.75, 3.05) is 25.0 Å². The molecule has 3 heterocycles. The maximum absolute atomic E-state index is 11.7. The lowest BCUT2D eigenvalue weighted by molar-refractivity contribution is -0.127. The fraction of sp³-hybridized carbons (Fsp3) is 0.304.